The first-order valence-corrected chi connectivity index (χ1v) is 7.95. The van der Waals surface area contributed by atoms with Crippen LogP contribution in [0.1, 0.15) is 11.3 Å². The number of hydrogen-bond donors (Lipinski definition) is 0. The molecule has 0 bridgehead atoms. The number of aryl methyl sites for hydroxylation is 1. The van der Waals surface area contributed by atoms with E-state index in [-0.39, 0.29) is 5.82 Å². The van der Waals surface area contributed by atoms with Gasteiger partial charge in [-0.2, -0.15) is 0 Å². The zero-order valence-electron chi connectivity index (χ0n) is 13.0. The van der Waals surface area contributed by atoms with Crippen LogP contribution in [0.2, 0.25) is 5.02 Å². The lowest BCUT2D eigenvalue weighted by Crippen LogP contribution is -2.02. The molecule has 0 amide bonds. The van der Waals surface area contributed by atoms with Gasteiger partial charge in [0.1, 0.15) is 11.6 Å². The fourth-order valence-electron chi connectivity index (χ4n) is 2.78. The molecule has 0 atom stereocenters. The molecular weight excluding hydrogens is 327 g/mol. The van der Waals surface area contributed by atoms with Gasteiger partial charge in [0.05, 0.1) is 11.0 Å². The van der Waals surface area contributed by atoms with Crippen molar-refractivity contribution < 1.29 is 8.81 Å². The fourth-order valence-corrected chi connectivity index (χ4v) is 2.94. The minimum atomic E-state index is -0.247. The normalized spacial score (nSPS) is 11.3. The number of rotatable bonds is 3. The van der Waals surface area contributed by atoms with Crippen LogP contribution >= 0.6 is 11.6 Å². The highest BCUT2D eigenvalue weighted by Gasteiger charge is 2.16. The first-order valence-electron chi connectivity index (χ1n) is 7.57. The molecule has 120 valence electrons. The lowest BCUT2D eigenvalue weighted by Gasteiger charge is -2.08. The van der Waals surface area contributed by atoms with E-state index < -0.39 is 0 Å². The third-order valence-electron chi connectivity index (χ3n) is 3.92. The van der Waals surface area contributed by atoms with Crippen molar-refractivity contribution in [3.05, 3.63) is 76.8 Å². The quantitative estimate of drug-likeness (QED) is 0.497. The minimum absolute atomic E-state index is 0.247. The van der Waals surface area contributed by atoms with Gasteiger partial charge >= 0.3 is 0 Å². The van der Waals surface area contributed by atoms with Crippen LogP contribution in [-0.4, -0.2) is 9.55 Å². The Morgan fingerprint density at radius 1 is 1.08 bits per heavy atom. The third kappa shape index (κ3) is 2.69. The van der Waals surface area contributed by atoms with Gasteiger partial charge in [0.2, 0.25) is 0 Å². The fraction of sp³-hybridized carbons (Fsp3) is 0.105. The van der Waals surface area contributed by atoms with Gasteiger partial charge in [0, 0.05) is 11.6 Å². The molecule has 4 rings (SSSR count). The van der Waals surface area contributed by atoms with Gasteiger partial charge in [0.15, 0.2) is 11.6 Å². The van der Waals surface area contributed by atoms with Crippen LogP contribution in [-0.2, 0) is 6.54 Å². The standard InChI is InChI=1S/C19H14ClFN2O/c1-12-2-9-18(24-12)19-22-16-10-14(20)5-8-17(16)23(19)11-13-3-6-15(21)7-4-13/h2-10H,11H2,1H3. The summed E-state index contributed by atoms with van der Waals surface area (Å²) in [4.78, 5) is 4.68. The lowest BCUT2D eigenvalue weighted by atomic mass is 10.2. The second-order valence-electron chi connectivity index (χ2n) is 5.69. The van der Waals surface area contributed by atoms with Crippen molar-refractivity contribution in [3.63, 3.8) is 0 Å². The Kier molecular flexibility index (Phi) is 3.62. The Hall–Kier alpha value is -2.59. The lowest BCUT2D eigenvalue weighted by molar-refractivity contribution is 0.540. The first-order chi connectivity index (χ1) is 11.6. The topological polar surface area (TPSA) is 31.0 Å². The van der Waals surface area contributed by atoms with Gasteiger partial charge in [-0.25, -0.2) is 9.37 Å². The van der Waals surface area contributed by atoms with Crippen LogP contribution in [0.4, 0.5) is 4.39 Å². The maximum absolute atomic E-state index is 13.2. The molecule has 0 radical (unpaired) electrons. The first kappa shape index (κ1) is 15.0. The summed E-state index contributed by atoms with van der Waals surface area (Å²) in [5.41, 5.74) is 2.73. The van der Waals surface area contributed by atoms with E-state index in [9.17, 15) is 4.39 Å². The van der Waals surface area contributed by atoms with Gasteiger partial charge < -0.3 is 8.98 Å². The molecule has 0 aliphatic carbocycles. The van der Waals surface area contributed by atoms with E-state index in [2.05, 4.69) is 9.55 Å². The molecule has 0 aliphatic rings. The Bertz CT molecular complexity index is 1020. The van der Waals surface area contributed by atoms with Crippen LogP contribution in [0.3, 0.4) is 0 Å². The maximum atomic E-state index is 13.2. The van der Waals surface area contributed by atoms with Crippen molar-refractivity contribution in [2.45, 2.75) is 13.5 Å². The molecule has 0 saturated carbocycles. The van der Waals surface area contributed by atoms with Crippen molar-refractivity contribution in [1.82, 2.24) is 9.55 Å². The smallest absolute Gasteiger partial charge is 0.177 e. The summed E-state index contributed by atoms with van der Waals surface area (Å²) < 4.78 is 21.0. The molecule has 0 spiro atoms. The molecular formula is C19H14ClFN2O. The summed E-state index contributed by atoms with van der Waals surface area (Å²) in [5, 5.41) is 0.635. The molecule has 0 fully saturated rings. The molecule has 0 aliphatic heterocycles. The molecule has 2 heterocycles. The highest BCUT2D eigenvalue weighted by atomic mass is 35.5. The summed E-state index contributed by atoms with van der Waals surface area (Å²) in [6.45, 7) is 2.46. The number of hydrogen-bond acceptors (Lipinski definition) is 2. The van der Waals surface area contributed by atoms with E-state index in [1.54, 1.807) is 12.1 Å². The Morgan fingerprint density at radius 2 is 1.88 bits per heavy atom. The molecule has 4 aromatic rings. The highest BCUT2D eigenvalue weighted by Crippen LogP contribution is 2.28. The molecule has 24 heavy (non-hydrogen) atoms. The Morgan fingerprint density at radius 3 is 2.58 bits per heavy atom. The predicted octanol–water partition coefficient (Wildman–Crippen LogP) is 5.45. The molecule has 5 heteroatoms. The van der Waals surface area contributed by atoms with E-state index in [4.69, 9.17) is 16.0 Å². The molecule has 0 N–H and O–H groups in total. The number of benzene rings is 2. The van der Waals surface area contributed by atoms with Crippen molar-refractivity contribution in [1.29, 1.82) is 0 Å². The summed E-state index contributed by atoms with van der Waals surface area (Å²) in [6, 6.07) is 15.9. The van der Waals surface area contributed by atoms with Crippen molar-refractivity contribution in [3.8, 4) is 11.6 Å². The van der Waals surface area contributed by atoms with Gasteiger partial charge in [-0.3, -0.25) is 0 Å². The van der Waals surface area contributed by atoms with Gasteiger partial charge in [0.25, 0.3) is 0 Å². The Balaban J connectivity index is 1.88. The minimum Gasteiger partial charge on any atom is -0.458 e. The van der Waals surface area contributed by atoms with Crippen LogP contribution in [0.5, 0.6) is 0 Å². The van der Waals surface area contributed by atoms with E-state index in [0.717, 1.165) is 28.2 Å². The summed E-state index contributed by atoms with van der Waals surface area (Å²) in [5.74, 6) is 2.00. The predicted molar refractivity (Wildman–Crippen MR) is 92.7 cm³/mol. The number of aromatic nitrogens is 2. The van der Waals surface area contributed by atoms with Gasteiger partial charge in [-0.1, -0.05) is 23.7 Å². The number of nitrogens with zero attached hydrogens (tertiary/aromatic N) is 2. The zero-order chi connectivity index (χ0) is 16.7. The molecule has 2 aromatic carbocycles. The zero-order valence-corrected chi connectivity index (χ0v) is 13.7. The van der Waals surface area contributed by atoms with Gasteiger partial charge in [-0.15, -0.1) is 0 Å². The van der Waals surface area contributed by atoms with E-state index in [1.807, 2.05) is 37.3 Å². The van der Waals surface area contributed by atoms with E-state index in [1.165, 1.54) is 12.1 Å². The van der Waals surface area contributed by atoms with E-state index in [0.29, 0.717) is 17.3 Å². The molecule has 0 saturated heterocycles. The number of imidazole rings is 1. The van der Waals surface area contributed by atoms with Gasteiger partial charge in [-0.05, 0) is 55.0 Å². The number of halogens is 2. The largest absolute Gasteiger partial charge is 0.458 e. The molecule has 3 nitrogen and oxygen atoms in total. The summed E-state index contributed by atoms with van der Waals surface area (Å²) >= 11 is 6.09. The molecule has 0 unspecified atom stereocenters. The second kappa shape index (κ2) is 5.80. The van der Waals surface area contributed by atoms with Crippen LogP contribution in [0.15, 0.2) is 59.0 Å². The summed E-state index contributed by atoms with van der Waals surface area (Å²) in [7, 11) is 0. The maximum Gasteiger partial charge on any atom is 0.177 e. The Labute approximate surface area is 143 Å². The second-order valence-corrected chi connectivity index (χ2v) is 6.13. The van der Waals surface area contributed by atoms with Crippen LogP contribution in [0, 0.1) is 12.7 Å². The third-order valence-corrected chi connectivity index (χ3v) is 4.16. The number of furan rings is 1. The van der Waals surface area contributed by atoms with Crippen molar-refractivity contribution >= 4 is 22.6 Å². The van der Waals surface area contributed by atoms with E-state index >= 15 is 0 Å². The highest BCUT2D eigenvalue weighted by molar-refractivity contribution is 6.31. The van der Waals surface area contributed by atoms with Crippen molar-refractivity contribution in [2.75, 3.05) is 0 Å². The average Bonchev–Trinajstić information content (AvgIpc) is 3.13. The SMILES string of the molecule is Cc1ccc(-c2nc3cc(Cl)ccc3n2Cc2ccc(F)cc2)o1. The number of fused-ring (bicyclic) bond motifs is 1. The van der Waals surface area contributed by atoms with Crippen molar-refractivity contribution in [2.24, 2.45) is 0 Å². The monoisotopic (exact) mass is 340 g/mol. The average molecular weight is 341 g/mol. The molecule has 2 aromatic heterocycles. The summed E-state index contributed by atoms with van der Waals surface area (Å²) in [6.07, 6.45) is 0. The van der Waals surface area contributed by atoms with Crippen LogP contribution < -0.4 is 0 Å². The van der Waals surface area contributed by atoms with Crippen LogP contribution in [0.25, 0.3) is 22.6 Å².